The zero-order valence-corrected chi connectivity index (χ0v) is 15.4. The van der Waals surface area contributed by atoms with Crippen LogP contribution in [0.1, 0.15) is 33.4 Å². The van der Waals surface area contributed by atoms with Crippen LogP contribution in [0, 0.1) is 0 Å². The number of anilines is 1. The lowest BCUT2D eigenvalue weighted by Gasteiger charge is -2.03. The van der Waals surface area contributed by atoms with E-state index in [2.05, 4.69) is 15.8 Å². The van der Waals surface area contributed by atoms with E-state index in [9.17, 15) is 14.4 Å². The van der Waals surface area contributed by atoms with E-state index in [1.165, 1.54) is 25.3 Å². The molecule has 0 bridgehead atoms. The molecule has 0 aliphatic heterocycles. The highest BCUT2D eigenvalue weighted by atomic mass is 16.4. The Bertz CT molecular complexity index is 1070. The summed E-state index contributed by atoms with van der Waals surface area (Å²) in [5.74, 6) is -0.634. The number of carbonyl (C=O) groups excluding carboxylic acids is 2. The number of carboxylic acid groups (broad SMARTS) is 1. The number of hydrazone groups is 1. The van der Waals surface area contributed by atoms with Crippen LogP contribution in [0.15, 0.2) is 70.2 Å². The summed E-state index contributed by atoms with van der Waals surface area (Å²) in [4.78, 5) is 34.0. The van der Waals surface area contributed by atoms with Crippen LogP contribution in [0.25, 0.3) is 11.3 Å². The second-order valence-electron chi connectivity index (χ2n) is 6.04. The van der Waals surface area contributed by atoms with Gasteiger partial charge in [0.2, 0.25) is 5.91 Å². The van der Waals surface area contributed by atoms with Gasteiger partial charge in [0.1, 0.15) is 11.5 Å². The van der Waals surface area contributed by atoms with Crippen molar-refractivity contribution in [3.8, 4) is 11.3 Å². The molecule has 2 amide bonds. The number of hydrogen-bond acceptors (Lipinski definition) is 5. The van der Waals surface area contributed by atoms with Crippen LogP contribution < -0.4 is 10.7 Å². The first-order valence-electron chi connectivity index (χ1n) is 8.57. The summed E-state index contributed by atoms with van der Waals surface area (Å²) < 4.78 is 5.62. The van der Waals surface area contributed by atoms with E-state index >= 15 is 0 Å². The summed E-state index contributed by atoms with van der Waals surface area (Å²) in [5.41, 5.74) is 4.28. The van der Waals surface area contributed by atoms with Crippen molar-refractivity contribution in [3.63, 3.8) is 0 Å². The Labute approximate surface area is 165 Å². The third kappa shape index (κ3) is 5.16. The third-order valence-corrected chi connectivity index (χ3v) is 3.87. The highest BCUT2D eigenvalue weighted by Gasteiger charge is 2.07. The van der Waals surface area contributed by atoms with E-state index in [1.807, 2.05) is 0 Å². The van der Waals surface area contributed by atoms with E-state index in [1.54, 1.807) is 48.5 Å². The number of rotatable bonds is 6. The SMILES string of the molecule is CC(=O)Nc1ccc(C(=O)N/N=C\c2ccc(-c3ccc(C(=O)O)cc3)o2)cc1. The summed E-state index contributed by atoms with van der Waals surface area (Å²) in [5, 5.41) is 15.4. The van der Waals surface area contributed by atoms with Crippen molar-refractivity contribution in [1.29, 1.82) is 0 Å². The van der Waals surface area contributed by atoms with Crippen molar-refractivity contribution in [3.05, 3.63) is 77.6 Å². The Morgan fingerprint density at radius 2 is 1.59 bits per heavy atom. The number of nitrogens with one attached hydrogen (secondary N) is 2. The van der Waals surface area contributed by atoms with Crippen LogP contribution >= 0.6 is 0 Å². The molecule has 2 aromatic carbocycles. The fourth-order valence-corrected chi connectivity index (χ4v) is 2.48. The molecule has 29 heavy (non-hydrogen) atoms. The lowest BCUT2D eigenvalue weighted by atomic mass is 10.1. The largest absolute Gasteiger partial charge is 0.478 e. The number of benzene rings is 2. The maximum atomic E-state index is 12.1. The predicted octanol–water partition coefficient (Wildman–Crippen LogP) is 3.37. The minimum absolute atomic E-state index is 0.190. The Hall–Kier alpha value is -4.20. The van der Waals surface area contributed by atoms with Gasteiger partial charge in [0, 0.05) is 23.7 Å². The number of hydrogen-bond donors (Lipinski definition) is 3. The van der Waals surface area contributed by atoms with Gasteiger partial charge < -0.3 is 14.8 Å². The van der Waals surface area contributed by atoms with Crippen molar-refractivity contribution in [2.45, 2.75) is 6.92 Å². The first-order valence-corrected chi connectivity index (χ1v) is 8.57. The molecule has 0 atom stereocenters. The maximum Gasteiger partial charge on any atom is 0.335 e. The Morgan fingerprint density at radius 1 is 0.931 bits per heavy atom. The van der Waals surface area contributed by atoms with Gasteiger partial charge in [-0.3, -0.25) is 9.59 Å². The number of furan rings is 1. The first kappa shape index (κ1) is 19.6. The van der Waals surface area contributed by atoms with Crippen LogP contribution in [0.3, 0.4) is 0 Å². The van der Waals surface area contributed by atoms with E-state index in [0.717, 1.165) is 5.56 Å². The first-order chi connectivity index (χ1) is 13.9. The number of carbonyl (C=O) groups is 3. The topological polar surface area (TPSA) is 121 Å². The number of carboxylic acids is 1. The number of nitrogens with zero attached hydrogens (tertiary/aromatic N) is 1. The Balaban J connectivity index is 1.60. The van der Waals surface area contributed by atoms with E-state index in [4.69, 9.17) is 9.52 Å². The van der Waals surface area contributed by atoms with Crippen LogP contribution in [-0.4, -0.2) is 29.1 Å². The average molecular weight is 391 g/mol. The molecule has 3 aromatic rings. The monoisotopic (exact) mass is 391 g/mol. The molecule has 0 unspecified atom stereocenters. The molecule has 1 aromatic heterocycles. The van der Waals surface area contributed by atoms with Gasteiger partial charge in [-0.2, -0.15) is 5.10 Å². The Kier molecular flexibility index (Phi) is 5.84. The molecule has 0 aliphatic rings. The van der Waals surface area contributed by atoms with Crippen LogP contribution in [0.5, 0.6) is 0 Å². The quantitative estimate of drug-likeness (QED) is 0.439. The van der Waals surface area contributed by atoms with Crippen LogP contribution in [0.2, 0.25) is 0 Å². The number of aromatic carboxylic acids is 1. The zero-order chi connectivity index (χ0) is 20.8. The second kappa shape index (κ2) is 8.66. The Morgan fingerprint density at radius 3 is 2.21 bits per heavy atom. The zero-order valence-electron chi connectivity index (χ0n) is 15.4. The van der Waals surface area contributed by atoms with Crippen molar-refractivity contribution < 1.29 is 23.9 Å². The maximum absolute atomic E-state index is 12.1. The molecule has 0 radical (unpaired) electrons. The summed E-state index contributed by atoms with van der Waals surface area (Å²) >= 11 is 0. The van der Waals surface area contributed by atoms with E-state index < -0.39 is 11.9 Å². The molecular formula is C21H17N3O5. The molecule has 0 fully saturated rings. The van der Waals surface area contributed by atoms with Crippen molar-refractivity contribution in [2.24, 2.45) is 5.10 Å². The predicted molar refractivity (Wildman–Crippen MR) is 107 cm³/mol. The molecule has 8 heteroatoms. The molecule has 3 rings (SSSR count). The molecule has 1 heterocycles. The summed E-state index contributed by atoms with van der Waals surface area (Å²) in [6.45, 7) is 1.40. The van der Waals surface area contributed by atoms with Gasteiger partial charge in [-0.1, -0.05) is 12.1 Å². The molecule has 146 valence electrons. The van der Waals surface area contributed by atoms with E-state index in [0.29, 0.717) is 22.8 Å². The summed E-state index contributed by atoms with van der Waals surface area (Å²) in [7, 11) is 0. The van der Waals surface area contributed by atoms with Crippen LogP contribution in [-0.2, 0) is 4.79 Å². The standard InChI is InChI=1S/C21H17N3O5/c1-13(25)23-17-8-6-15(7-9-17)20(26)24-22-12-18-10-11-19(29-18)14-2-4-16(5-3-14)21(27)28/h2-12H,1H3,(H,23,25)(H,24,26)(H,27,28)/b22-12-. The third-order valence-electron chi connectivity index (χ3n) is 3.87. The van der Waals surface area contributed by atoms with Crippen LogP contribution in [0.4, 0.5) is 5.69 Å². The lowest BCUT2D eigenvalue weighted by molar-refractivity contribution is -0.114. The highest BCUT2D eigenvalue weighted by molar-refractivity contribution is 5.96. The number of amides is 2. The summed E-state index contributed by atoms with van der Waals surface area (Å²) in [6, 6.07) is 16.1. The van der Waals surface area contributed by atoms with Crippen molar-refractivity contribution in [1.82, 2.24) is 5.43 Å². The smallest absolute Gasteiger partial charge is 0.335 e. The van der Waals surface area contributed by atoms with Gasteiger partial charge in [-0.15, -0.1) is 0 Å². The molecule has 0 aliphatic carbocycles. The molecule has 0 spiro atoms. The van der Waals surface area contributed by atoms with Gasteiger partial charge in [-0.05, 0) is 48.5 Å². The average Bonchev–Trinajstić information content (AvgIpc) is 3.17. The van der Waals surface area contributed by atoms with E-state index in [-0.39, 0.29) is 11.5 Å². The lowest BCUT2D eigenvalue weighted by Crippen LogP contribution is -2.17. The summed E-state index contributed by atoms with van der Waals surface area (Å²) in [6.07, 6.45) is 1.36. The van der Waals surface area contributed by atoms with Crippen molar-refractivity contribution >= 4 is 29.7 Å². The van der Waals surface area contributed by atoms with Gasteiger partial charge >= 0.3 is 5.97 Å². The molecule has 0 saturated carbocycles. The van der Waals surface area contributed by atoms with Gasteiger partial charge in [0.05, 0.1) is 11.8 Å². The normalized spacial score (nSPS) is 10.7. The second-order valence-corrected chi connectivity index (χ2v) is 6.04. The highest BCUT2D eigenvalue weighted by Crippen LogP contribution is 2.22. The fourth-order valence-electron chi connectivity index (χ4n) is 2.48. The minimum atomic E-state index is -0.996. The van der Waals surface area contributed by atoms with Crippen molar-refractivity contribution in [2.75, 3.05) is 5.32 Å². The molecule has 8 nitrogen and oxygen atoms in total. The molecule has 3 N–H and O–H groups in total. The van der Waals surface area contributed by atoms with Gasteiger partial charge in [0.25, 0.3) is 5.91 Å². The fraction of sp³-hybridized carbons (Fsp3) is 0.0476. The molecular weight excluding hydrogens is 374 g/mol. The van der Waals surface area contributed by atoms with Gasteiger partial charge in [0.15, 0.2) is 0 Å². The molecule has 0 saturated heterocycles. The minimum Gasteiger partial charge on any atom is -0.478 e. The van der Waals surface area contributed by atoms with Gasteiger partial charge in [-0.25, -0.2) is 10.2 Å².